The summed E-state index contributed by atoms with van der Waals surface area (Å²) in [5.74, 6) is -0.198. The van der Waals surface area contributed by atoms with Crippen LogP contribution in [0.5, 0.6) is 0 Å². The number of nitrogens with one attached hydrogen (secondary N) is 3. The summed E-state index contributed by atoms with van der Waals surface area (Å²) in [6.45, 7) is 3.26. The van der Waals surface area contributed by atoms with Gasteiger partial charge in [-0.05, 0) is 11.5 Å². The highest BCUT2D eigenvalue weighted by Gasteiger charge is 2.28. The van der Waals surface area contributed by atoms with Gasteiger partial charge in [-0.2, -0.15) is 13.2 Å². The van der Waals surface area contributed by atoms with Crippen molar-refractivity contribution in [2.24, 2.45) is 0 Å². The van der Waals surface area contributed by atoms with Gasteiger partial charge >= 0.3 is 12.2 Å². The molecule has 0 bridgehead atoms. The summed E-state index contributed by atoms with van der Waals surface area (Å²) in [7, 11) is 1.77. The van der Waals surface area contributed by atoms with Crippen LogP contribution in [-0.2, 0) is 11.3 Å². The Hall–Kier alpha value is -2.09. The molecule has 0 aliphatic heterocycles. The fraction of sp³-hybridized carbons (Fsp3) is 0.500. The van der Waals surface area contributed by atoms with E-state index in [1.807, 2.05) is 29.6 Å². The third-order valence-corrected chi connectivity index (χ3v) is 3.32. The van der Waals surface area contributed by atoms with Gasteiger partial charge in [0.25, 0.3) is 5.91 Å². The van der Waals surface area contributed by atoms with E-state index in [2.05, 4.69) is 13.8 Å². The van der Waals surface area contributed by atoms with Gasteiger partial charge in [-0.3, -0.25) is 10.1 Å². The van der Waals surface area contributed by atoms with Gasteiger partial charge in [-0.25, -0.2) is 4.79 Å². The number of urea groups is 1. The highest BCUT2D eigenvalue weighted by atomic mass is 19.4. The Bertz CT molecular complexity index is 557. The van der Waals surface area contributed by atoms with Gasteiger partial charge < -0.3 is 10.2 Å². The largest absolute Gasteiger partial charge is 0.405 e. The highest BCUT2D eigenvalue weighted by Crippen LogP contribution is 2.14. The van der Waals surface area contributed by atoms with Crippen LogP contribution in [0, 0.1) is 0 Å². The number of likely N-dealkylation sites (N-methyl/N-ethyl adjacent to an activating group) is 1. The van der Waals surface area contributed by atoms with Crippen molar-refractivity contribution in [2.75, 3.05) is 20.1 Å². The van der Waals surface area contributed by atoms with Crippen molar-refractivity contribution in [1.29, 1.82) is 0 Å². The van der Waals surface area contributed by atoms with Crippen LogP contribution < -0.4 is 15.5 Å². The second-order valence-corrected chi connectivity index (χ2v) is 6.05. The molecule has 0 saturated heterocycles. The molecule has 8 heteroatoms. The minimum Gasteiger partial charge on any atom is -0.329 e. The molecule has 1 atom stereocenters. The zero-order valence-corrected chi connectivity index (χ0v) is 14.0. The molecule has 3 N–H and O–H groups in total. The zero-order valence-electron chi connectivity index (χ0n) is 14.0. The number of quaternary nitrogens is 1. The summed E-state index contributed by atoms with van der Waals surface area (Å²) in [6, 6.07) is 6.86. The Morgan fingerprint density at radius 2 is 1.75 bits per heavy atom. The molecule has 0 aliphatic rings. The maximum Gasteiger partial charge on any atom is 0.405 e. The lowest BCUT2D eigenvalue weighted by molar-refractivity contribution is -0.885. The molecule has 0 saturated carbocycles. The van der Waals surface area contributed by atoms with Crippen LogP contribution in [0.1, 0.15) is 30.9 Å². The van der Waals surface area contributed by atoms with Crippen LogP contribution in [-0.4, -0.2) is 38.3 Å². The van der Waals surface area contributed by atoms with Crippen molar-refractivity contribution >= 4 is 11.9 Å². The molecule has 0 aromatic heterocycles. The number of carbonyl (C=O) groups is 2. The molecule has 24 heavy (non-hydrogen) atoms. The molecule has 1 aromatic carbocycles. The molecule has 0 spiro atoms. The number of imide groups is 1. The first-order valence-electron chi connectivity index (χ1n) is 7.61. The standard InChI is InChI=1S/C16H22F3N3O2/c1-11(2)13-6-4-12(5-7-13)8-22(3)9-14(23)21-15(24)20-10-16(17,18)19/h4-7,11H,8-10H2,1-3H3,(H2,20,21,23,24)/p+1. The number of hydrogen-bond acceptors (Lipinski definition) is 2. The molecule has 1 rings (SSSR count). The van der Waals surface area contributed by atoms with Crippen LogP contribution in [0.25, 0.3) is 0 Å². The Labute approximate surface area is 139 Å². The molecule has 5 nitrogen and oxygen atoms in total. The number of halogens is 3. The van der Waals surface area contributed by atoms with E-state index >= 15 is 0 Å². The number of alkyl halides is 3. The lowest BCUT2D eigenvalue weighted by Gasteiger charge is -2.15. The van der Waals surface area contributed by atoms with Crippen LogP contribution in [0.3, 0.4) is 0 Å². The molecule has 1 aromatic rings. The summed E-state index contributed by atoms with van der Waals surface area (Å²) >= 11 is 0. The summed E-state index contributed by atoms with van der Waals surface area (Å²) in [5, 5.41) is 3.47. The fourth-order valence-corrected chi connectivity index (χ4v) is 2.10. The van der Waals surface area contributed by atoms with Crippen LogP contribution in [0.4, 0.5) is 18.0 Å². The maximum atomic E-state index is 12.0. The van der Waals surface area contributed by atoms with Gasteiger partial charge in [-0.15, -0.1) is 0 Å². The van der Waals surface area contributed by atoms with Crippen LogP contribution in [0.15, 0.2) is 24.3 Å². The molecule has 0 aliphatic carbocycles. The Balaban J connectivity index is 2.39. The molecular formula is C16H23F3N3O2+. The predicted molar refractivity (Wildman–Crippen MR) is 83.6 cm³/mol. The summed E-state index contributed by atoms with van der Waals surface area (Å²) < 4.78 is 35.9. The van der Waals surface area contributed by atoms with E-state index in [1.165, 1.54) is 5.56 Å². The molecule has 0 fully saturated rings. The lowest BCUT2D eigenvalue weighted by atomic mass is 10.0. The Morgan fingerprint density at radius 1 is 1.17 bits per heavy atom. The van der Waals surface area contributed by atoms with E-state index in [0.717, 1.165) is 10.5 Å². The summed E-state index contributed by atoms with van der Waals surface area (Å²) in [5.41, 5.74) is 2.25. The van der Waals surface area contributed by atoms with E-state index in [-0.39, 0.29) is 6.54 Å². The first-order chi connectivity index (χ1) is 11.1. The van der Waals surface area contributed by atoms with E-state index < -0.39 is 24.7 Å². The van der Waals surface area contributed by atoms with Gasteiger partial charge in [0.15, 0.2) is 6.54 Å². The van der Waals surface area contributed by atoms with Gasteiger partial charge in [-0.1, -0.05) is 38.1 Å². The minimum absolute atomic E-state index is 0.0225. The third kappa shape index (κ3) is 7.96. The number of benzene rings is 1. The summed E-state index contributed by atoms with van der Waals surface area (Å²) in [6.07, 6.45) is -4.51. The molecule has 0 heterocycles. The Morgan fingerprint density at radius 3 is 2.25 bits per heavy atom. The molecule has 0 radical (unpaired) electrons. The van der Waals surface area contributed by atoms with E-state index in [1.54, 1.807) is 12.4 Å². The minimum atomic E-state index is -4.51. The first-order valence-corrected chi connectivity index (χ1v) is 7.61. The van der Waals surface area contributed by atoms with Crippen molar-refractivity contribution in [3.8, 4) is 0 Å². The monoisotopic (exact) mass is 346 g/mol. The summed E-state index contributed by atoms with van der Waals surface area (Å²) in [4.78, 5) is 23.7. The highest BCUT2D eigenvalue weighted by molar-refractivity contribution is 5.94. The van der Waals surface area contributed by atoms with Gasteiger partial charge in [0.05, 0.1) is 7.05 Å². The number of rotatable bonds is 6. The quantitative estimate of drug-likeness (QED) is 0.725. The zero-order chi connectivity index (χ0) is 18.3. The van der Waals surface area contributed by atoms with Gasteiger partial charge in [0.1, 0.15) is 13.1 Å². The third-order valence-electron chi connectivity index (χ3n) is 3.32. The fourth-order valence-electron chi connectivity index (χ4n) is 2.10. The predicted octanol–water partition coefficient (Wildman–Crippen LogP) is 1.21. The van der Waals surface area contributed by atoms with Crippen molar-refractivity contribution < 1.29 is 27.7 Å². The van der Waals surface area contributed by atoms with E-state index in [0.29, 0.717) is 12.5 Å². The van der Waals surface area contributed by atoms with Gasteiger partial charge in [0.2, 0.25) is 0 Å². The van der Waals surface area contributed by atoms with Crippen molar-refractivity contribution in [2.45, 2.75) is 32.5 Å². The lowest BCUT2D eigenvalue weighted by Crippen LogP contribution is -3.09. The normalized spacial score (nSPS) is 12.8. The number of hydrogen-bond donors (Lipinski definition) is 3. The average Bonchev–Trinajstić information content (AvgIpc) is 2.44. The average molecular weight is 346 g/mol. The van der Waals surface area contributed by atoms with Crippen LogP contribution in [0.2, 0.25) is 0 Å². The second kappa shape index (κ2) is 8.68. The number of amides is 3. The maximum absolute atomic E-state index is 12.0. The van der Waals surface area contributed by atoms with Gasteiger partial charge in [0, 0.05) is 5.56 Å². The number of carbonyl (C=O) groups excluding carboxylic acids is 2. The molecule has 134 valence electrons. The van der Waals surface area contributed by atoms with Crippen LogP contribution >= 0.6 is 0 Å². The van der Waals surface area contributed by atoms with Crippen molar-refractivity contribution in [3.05, 3.63) is 35.4 Å². The molecular weight excluding hydrogens is 323 g/mol. The smallest absolute Gasteiger partial charge is 0.329 e. The Kier molecular flexibility index (Phi) is 7.21. The SMILES string of the molecule is CC(C)c1ccc(C[NH+](C)CC(=O)NC(=O)NCC(F)(F)F)cc1. The second-order valence-electron chi connectivity index (χ2n) is 6.05. The van der Waals surface area contributed by atoms with Crippen molar-refractivity contribution in [1.82, 2.24) is 10.6 Å². The molecule has 3 amide bonds. The van der Waals surface area contributed by atoms with E-state index in [9.17, 15) is 22.8 Å². The van der Waals surface area contributed by atoms with Crippen molar-refractivity contribution in [3.63, 3.8) is 0 Å². The first kappa shape index (κ1) is 20.0. The molecule has 1 unspecified atom stereocenters. The topological polar surface area (TPSA) is 62.6 Å². The van der Waals surface area contributed by atoms with E-state index in [4.69, 9.17) is 0 Å².